The minimum Gasteiger partial charge on any atom is -0.476 e. The van der Waals surface area contributed by atoms with Crippen molar-refractivity contribution in [2.75, 3.05) is 13.2 Å². The molecule has 0 unspecified atom stereocenters. The van der Waals surface area contributed by atoms with Gasteiger partial charge in [0.15, 0.2) is 0 Å². The monoisotopic (exact) mass is 212 g/mol. The minimum absolute atomic E-state index is 0.0512. The molecule has 0 aliphatic rings. The number of nitrogens with zero attached hydrogens (tertiary/aromatic N) is 2. The summed E-state index contributed by atoms with van der Waals surface area (Å²) in [4.78, 5) is 3.87. The van der Waals surface area contributed by atoms with Crippen LogP contribution in [-0.4, -0.2) is 23.3 Å². The molecule has 0 saturated carbocycles. The molecule has 0 radical (unpaired) electrons. The molecule has 1 aromatic heterocycles. The van der Waals surface area contributed by atoms with E-state index in [1.807, 2.05) is 6.07 Å². The summed E-state index contributed by atoms with van der Waals surface area (Å²) < 4.78 is 5.17. The van der Waals surface area contributed by atoms with Crippen LogP contribution in [0.15, 0.2) is 12.3 Å². The maximum atomic E-state index is 8.66. The molecule has 0 aromatic carbocycles. The van der Waals surface area contributed by atoms with Crippen molar-refractivity contribution >= 4 is 11.6 Å². The largest absolute Gasteiger partial charge is 0.476 e. The third kappa shape index (κ3) is 2.59. The third-order valence-electron chi connectivity index (χ3n) is 1.52. The molecule has 74 valence electrons. The first kappa shape index (κ1) is 10.8. The van der Waals surface area contributed by atoms with Gasteiger partial charge in [0.1, 0.15) is 11.1 Å². The van der Waals surface area contributed by atoms with Crippen molar-refractivity contribution in [2.24, 2.45) is 0 Å². The molecule has 5 heteroatoms. The van der Waals surface area contributed by atoms with Gasteiger partial charge < -0.3 is 9.84 Å². The lowest BCUT2D eigenvalue weighted by Crippen LogP contribution is -2.02. The number of hydrogen-bond acceptors (Lipinski definition) is 4. The summed E-state index contributed by atoms with van der Waals surface area (Å²) in [7, 11) is 0. The fourth-order valence-corrected chi connectivity index (χ4v) is 1.05. The molecule has 0 saturated heterocycles. The molecular formula is C9H9ClN2O2. The van der Waals surface area contributed by atoms with Crippen LogP contribution in [0, 0.1) is 11.3 Å². The average molecular weight is 213 g/mol. The molecule has 0 spiro atoms. The molecule has 0 bridgehead atoms. The van der Waals surface area contributed by atoms with Gasteiger partial charge in [0.2, 0.25) is 5.88 Å². The highest BCUT2D eigenvalue weighted by molar-refractivity contribution is 6.32. The summed E-state index contributed by atoms with van der Waals surface area (Å²) in [5.74, 6) is 0.235. The fraction of sp³-hybridized carbons (Fsp3) is 0.333. The van der Waals surface area contributed by atoms with Crippen LogP contribution >= 0.6 is 11.6 Å². The zero-order valence-corrected chi connectivity index (χ0v) is 8.16. The van der Waals surface area contributed by atoms with Crippen LogP contribution in [-0.2, 0) is 0 Å². The first-order valence-corrected chi connectivity index (χ1v) is 4.45. The highest BCUT2D eigenvalue weighted by Gasteiger charge is 2.07. The summed E-state index contributed by atoms with van der Waals surface area (Å²) in [6.45, 7) is 0.383. The van der Waals surface area contributed by atoms with Gasteiger partial charge in [0.25, 0.3) is 0 Å². The zero-order chi connectivity index (χ0) is 10.4. The predicted molar refractivity (Wildman–Crippen MR) is 51.2 cm³/mol. The van der Waals surface area contributed by atoms with Crippen LogP contribution in [0.4, 0.5) is 0 Å². The van der Waals surface area contributed by atoms with E-state index in [0.29, 0.717) is 18.6 Å². The Morgan fingerprint density at radius 2 is 2.43 bits per heavy atom. The van der Waals surface area contributed by atoms with Crippen molar-refractivity contribution in [1.82, 2.24) is 4.98 Å². The maximum absolute atomic E-state index is 8.66. The maximum Gasteiger partial charge on any atom is 0.233 e. The highest BCUT2D eigenvalue weighted by Crippen LogP contribution is 2.24. The summed E-state index contributed by atoms with van der Waals surface area (Å²) in [6, 6.07) is 3.44. The molecule has 1 rings (SSSR count). The van der Waals surface area contributed by atoms with Crippen LogP contribution < -0.4 is 4.74 Å². The van der Waals surface area contributed by atoms with Gasteiger partial charge in [-0.3, -0.25) is 0 Å². The Labute approximate surface area is 86.7 Å². The van der Waals surface area contributed by atoms with Crippen molar-refractivity contribution in [3.8, 4) is 11.9 Å². The molecule has 0 amide bonds. The first-order chi connectivity index (χ1) is 6.79. The second-order valence-electron chi connectivity index (χ2n) is 2.52. The van der Waals surface area contributed by atoms with Crippen LogP contribution in [0.25, 0.3) is 0 Å². The fourth-order valence-electron chi connectivity index (χ4n) is 0.845. The number of rotatable bonds is 4. The Kier molecular flexibility index (Phi) is 4.17. The molecule has 1 aromatic rings. The van der Waals surface area contributed by atoms with Crippen LogP contribution in [0.2, 0.25) is 5.02 Å². The molecule has 1 N–H and O–H groups in total. The van der Waals surface area contributed by atoms with E-state index in [9.17, 15) is 0 Å². The summed E-state index contributed by atoms with van der Waals surface area (Å²) >= 11 is 5.82. The molecule has 0 fully saturated rings. The standard InChI is InChI=1S/C9H9ClN2O2/c10-8-7(6-11)2-3-12-9(8)14-5-1-4-13/h2-3,13H,1,4-5H2. The van der Waals surface area contributed by atoms with Gasteiger partial charge in [-0.25, -0.2) is 4.98 Å². The number of halogens is 1. The number of nitriles is 1. The Hall–Kier alpha value is -1.31. The van der Waals surface area contributed by atoms with E-state index in [0.717, 1.165) is 0 Å². The van der Waals surface area contributed by atoms with E-state index in [2.05, 4.69) is 4.98 Å². The normalized spacial score (nSPS) is 9.50. The SMILES string of the molecule is N#Cc1ccnc(OCCCO)c1Cl. The van der Waals surface area contributed by atoms with Crippen molar-refractivity contribution in [3.05, 3.63) is 22.8 Å². The van der Waals surface area contributed by atoms with E-state index in [-0.39, 0.29) is 17.5 Å². The van der Waals surface area contributed by atoms with Crippen LogP contribution in [0.3, 0.4) is 0 Å². The number of aromatic nitrogens is 1. The lowest BCUT2D eigenvalue weighted by atomic mass is 10.3. The molecule has 1 heterocycles. The van der Waals surface area contributed by atoms with Crippen LogP contribution in [0.5, 0.6) is 5.88 Å². The smallest absolute Gasteiger partial charge is 0.233 e. The van der Waals surface area contributed by atoms with Crippen molar-refractivity contribution in [1.29, 1.82) is 5.26 Å². The van der Waals surface area contributed by atoms with Crippen molar-refractivity contribution in [2.45, 2.75) is 6.42 Å². The molecule has 14 heavy (non-hydrogen) atoms. The molecule has 4 nitrogen and oxygen atoms in total. The number of ether oxygens (including phenoxy) is 1. The minimum atomic E-state index is 0.0512. The first-order valence-electron chi connectivity index (χ1n) is 4.08. The lowest BCUT2D eigenvalue weighted by molar-refractivity contribution is 0.229. The van der Waals surface area contributed by atoms with E-state index in [4.69, 9.17) is 26.7 Å². The third-order valence-corrected chi connectivity index (χ3v) is 1.88. The summed E-state index contributed by atoms with van der Waals surface area (Å²) in [5, 5.41) is 17.4. The molecular weight excluding hydrogens is 204 g/mol. The molecule has 0 aliphatic heterocycles. The Bertz CT molecular complexity index is 349. The van der Waals surface area contributed by atoms with E-state index < -0.39 is 0 Å². The lowest BCUT2D eigenvalue weighted by Gasteiger charge is -2.05. The van der Waals surface area contributed by atoms with Gasteiger partial charge in [0, 0.05) is 19.2 Å². The Morgan fingerprint density at radius 1 is 1.64 bits per heavy atom. The number of hydrogen-bond donors (Lipinski definition) is 1. The van der Waals surface area contributed by atoms with Crippen molar-refractivity contribution in [3.63, 3.8) is 0 Å². The van der Waals surface area contributed by atoms with E-state index in [1.165, 1.54) is 12.3 Å². The van der Waals surface area contributed by atoms with E-state index in [1.54, 1.807) is 0 Å². The predicted octanol–water partition coefficient (Wildman–Crippen LogP) is 1.37. The summed E-state index contributed by atoms with van der Waals surface area (Å²) in [5.41, 5.74) is 0.334. The van der Waals surface area contributed by atoms with E-state index >= 15 is 0 Å². The zero-order valence-electron chi connectivity index (χ0n) is 7.40. The highest BCUT2D eigenvalue weighted by atomic mass is 35.5. The van der Waals surface area contributed by atoms with Gasteiger partial charge in [0.05, 0.1) is 12.2 Å². The summed E-state index contributed by atoms with van der Waals surface area (Å²) in [6.07, 6.45) is 1.97. The van der Waals surface area contributed by atoms with Gasteiger partial charge in [-0.1, -0.05) is 11.6 Å². The van der Waals surface area contributed by atoms with Gasteiger partial charge in [-0.15, -0.1) is 0 Å². The number of pyridine rings is 1. The van der Waals surface area contributed by atoms with Gasteiger partial charge >= 0.3 is 0 Å². The van der Waals surface area contributed by atoms with Gasteiger partial charge in [-0.05, 0) is 6.07 Å². The quantitative estimate of drug-likeness (QED) is 0.766. The molecule has 0 aliphatic carbocycles. The van der Waals surface area contributed by atoms with Gasteiger partial charge in [-0.2, -0.15) is 5.26 Å². The second kappa shape index (κ2) is 5.43. The Balaban J connectivity index is 2.73. The van der Waals surface area contributed by atoms with Crippen molar-refractivity contribution < 1.29 is 9.84 Å². The average Bonchev–Trinajstić information content (AvgIpc) is 2.21. The van der Waals surface area contributed by atoms with Crippen LogP contribution in [0.1, 0.15) is 12.0 Å². The Morgan fingerprint density at radius 3 is 3.07 bits per heavy atom. The topological polar surface area (TPSA) is 66.1 Å². The second-order valence-corrected chi connectivity index (χ2v) is 2.89. The molecule has 0 atom stereocenters. The number of aliphatic hydroxyl groups excluding tert-OH is 1. The number of aliphatic hydroxyl groups is 1.